The van der Waals surface area contributed by atoms with Gasteiger partial charge < -0.3 is 22.1 Å². The molecule has 0 bridgehead atoms. The topological polar surface area (TPSA) is 110 Å². The van der Waals surface area contributed by atoms with Crippen LogP contribution in [0.5, 0.6) is 0 Å². The Bertz CT molecular complexity index is 924. The molecule has 0 aliphatic carbocycles. The van der Waals surface area contributed by atoms with Crippen LogP contribution in [0.1, 0.15) is 31.8 Å². The SMILES string of the molecule is NCc1cccc(NC(=O)c2cccc(C(=O)Nc3cccc(CN)c3)c2)c1. The van der Waals surface area contributed by atoms with E-state index in [1.54, 1.807) is 36.4 Å². The van der Waals surface area contributed by atoms with E-state index in [9.17, 15) is 9.59 Å². The van der Waals surface area contributed by atoms with Gasteiger partial charge in [-0.15, -0.1) is 0 Å². The van der Waals surface area contributed by atoms with Crippen LogP contribution in [0.4, 0.5) is 11.4 Å². The van der Waals surface area contributed by atoms with Crippen molar-refractivity contribution in [2.75, 3.05) is 10.6 Å². The van der Waals surface area contributed by atoms with Crippen LogP contribution in [0.3, 0.4) is 0 Å². The van der Waals surface area contributed by atoms with E-state index in [-0.39, 0.29) is 11.8 Å². The number of hydrogen-bond acceptors (Lipinski definition) is 4. The van der Waals surface area contributed by atoms with Gasteiger partial charge in [-0.25, -0.2) is 0 Å². The van der Waals surface area contributed by atoms with Gasteiger partial charge in [-0.2, -0.15) is 0 Å². The molecule has 6 N–H and O–H groups in total. The van der Waals surface area contributed by atoms with Crippen molar-refractivity contribution in [1.29, 1.82) is 0 Å². The van der Waals surface area contributed by atoms with Crippen LogP contribution in [0.15, 0.2) is 72.8 Å². The van der Waals surface area contributed by atoms with Gasteiger partial charge >= 0.3 is 0 Å². The molecule has 0 unspecified atom stereocenters. The zero-order valence-electron chi connectivity index (χ0n) is 15.3. The Balaban J connectivity index is 1.73. The van der Waals surface area contributed by atoms with E-state index in [0.717, 1.165) is 11.1 Å². The van der Waals surface area contributed by atoms with Crippen molar-refractivity contribution in [3.05, 3.63) is 95.1 Å². The molecule has 142 valence electrons. The molecule has 28 heavy (non-hydrogen) atoms. The molecule has 0 saturated heterocycles. The molecular formula is C22H22N4O2. The van der Waals surface area contributed by atoms with Gasteiger partial charge in [0.2, 0.25) is 0 Å². The highest BCUT2D eigenvalue weighted by molar-refractivity contribution is 6.08. The lowest BCUT2D eigenvalue weighted by Gasteiger charge is -2.09. The second-order valence-corrected chi connectivity index (χ2v) is 6.30. The van der Waals surface area contributed by atoms with Gasteiger partial charge in [0.15, 0.2) is 0 Å². The molecule has 6 heteroatoms. The second kappa shape index (κ2) is 8.94. The van der Waals surface area contributed by atoms with Crippen molar-refractivity contribution < 1.29 is 9.59 Å². The van der Waals surface area contributed by atoms with E-state index >= 15 is 0 Å². The Hall–Kier alpha value is -3.48. The van der Waals surface area contributed by atoms with Crippen molar-refractivity contribution in [1.82, 2.24) is 0 Å². The largest absolute Gasteiger partial charge is 0.326 e. The summed E-state index contributed by atoms with van der Waals surface area (Å²) < 4.78 is 0. The lowest BCUT2D eigenvalue weighted by Crippen LogP contribution is -2.16. The Morgan fingerprint density at radius 3 is 1.50 bits per heavy atom. The van der Waals surface area contributed by atoms with Gasteiger partial charge in [-0.1, -0.05) is 30.3 Å². The highest BCUT2D eigenvalue weighted by atomic mass is 16.2. The van der Waals surface area contributed by atoms with E-state index in [0.29, 0.717) is 35.6 Å². The monoisotopic (exact) mass is 374 g/mol. The number of hydrogen-bond donors (Lipinski definition) is 4. The minimum Gasteiger partial charge on any atom is -0.326 e. The zero-order chi connectivity index (χ0) is 19.9. The molecule has 0 radical (unpaired) electrons. The number of nitrogens with one attached hydrogen (secondary N) is 2. The third-order valence-electron chi connectivity index (χ3n) is 4.23. The second-order valence-electron chi connectivity index (χ2n) is 6.30. The van der Waals surface area contributed by atoms with Crippen molar-refractivity contribution in [2.45, 2.75) is 13.1 Å². The molecule has 0 aliphatic rings. The first kappa shape index (κ1) is 19.3. The average molecular weight is 374 g/mol. The third kappa shape index (κ3) is 4.82. The summed E-state index contributed by atoms with van der Waals surface area (Å²) in [5.41, 5.74) is 15.2. The van der Waals surface area contributed by atoms with Crippen LogP contribution in [-0.2, 0) is 13.1 Å². The summed E-state index contributed by atoms with van der Waals surface area (Å²) in [5, 5.41) is 5.65. The Morgan fingerprint density at radius 1 is 0.643 bits per heavy atom. The van der Waals surface area contributed by atoms with E-state index in [4.69, 9.17) is 11.5 Å². The van der Waals surface area contributed by atoms with Crippen LogP contribution in [0.2, 0.25) is 0 Å². The van der Waals surface area contributed by atoms with Gasteiger partial charge in [0.1, 0.15) is 0 Å². The smallest absolute Gasteiger partial charge is 0.255 e. The predicted octanol–water partition coefficient (Wildman–Crippen LogP) is 3.11. The third-order valence-corrected chi connectivity index (χ3v) is 4.23. The van der Waals surface area contributed by atoms with E-state index in [1.165, 1.54) is 0 Å². The molecule has 0 aromatic heterocycles. The maximum atomic E-state index is 12.5. The molecule has 0 saturated carbocycles. The van der Waals surface area contributed by atoms with Crippen molar-refractivity contribution in [3.63, 3.8) is 0 Å². The standard InChI is InChI=1S/C22H22N4O2/c23-13-15-4-1-8-19(10-15)25-21(27)17-6-3-7-18(12-17)22(28)26-20-9-2-5-16(11-20)14-24/h1-12H,13-14,23-24H2,(H,25,27)(H,26,28). The number of amides is 2. The fraction of sp³-hybridized carbons (Fsp3) is 0.0909. The number of benzene rings is 3. The van der Waals surface area contributed by atoms with Crippen LogP contribution in [0.25, 0.3) is 0 Å². The predicted molar refractivity (Wildman–Crippen MR) is 111 cm³/mol. The summed E-state index contributed by atoms with van der Waals surface area (Å²) in [4.78, 5) is 25.1. The molecule has 2 amide bonds. The van der Waals surface area contributed by atoms with Crippen molar-refractivity contribution in [3.8, 4) is 0 Å². The van der Waals surface area contributed by atoms with Gasteiger partial charge in [0.05, 0.1) is 0 Å². The number of rotatable bonds is 6. The quantitative estimate of drug-likeness (QED) is 0.531. The fourth-order valence-corrected chi connectivity index (χ4v) is 2.76. The van der Waals surface area contributed by atoms with Crippen molar-refractivity contribution >= 4 is 23.2 Å². The summed E-state index contributed by atoms with van der Waals surface area (Å²) in [7, 11) is 0. The van der Waals surface area contributed by atoms with E-state index < -0.39 is 0 Å². The Morgan fingerprint density at radius 2 is 1.07 bits per heavy atom. The minimum absolute atomic E-state index is 0.297. The summed E-state index contributed by atoms with van der Waals surface area (Å²) in [6.07, 6.45) is 0. The molecule has 0 spiro atoms. The normalized spacial score (nSPS) is 10.4. The minimum atomic E-state index is -0.297. The van der Waals surface area contributed by atoms with E-state index in [1.807, 2.05) is 36.4 Å². The molecule has 3 aromatic carbocycles. The van der Waals surface area contributed by atoms with Crippen LogP contribution >= 0.6 is 0 Å². The Kier molecular flexibility index (Phi) is 6.16. The molecule has 6 nitrogen and oxygen atoms in total. The number of carbonyl (C=O) groups is 2. The number of nitrogens with two attached hydrogens (primary N) is 2. The zero-order valence-corrected chi connectivity index (χ0v) is 15.3. The number of anilines is 2. The molecule has 3 rings (SSSR count). The lowest BCUT2D eigenvalue weighted by molar-refractivity contribution is 0.102. The first-order valence-electron chi connectivity index (χ1n) is 8.90. The first-order chi connectivity index (χ1) is 13.6. The highest BCUT2D eigenvalue weighted by Crippen LogP contribution is 2.15. The maximum Gasteiger partial charge on any atom is 0.255 e. The summed E-state index contributed by atoms with van der Waals surface area (Å²) in [6, 6.07) is 21.2. The van der Waals surface area contributed by atoms with Gasteiger partial charge in [0.25, 0.3) is 11.8 Å². The van der Waals surface area contributed by atoms with E-state index in [2.05, 4.69) is 10.6 Å². The molecule has 0 fully saturated rings. The summed E-state index contributed by atoms with van der Waals surface area (Å²) in [6.45, 7) is 0.787. The van der Waals surface area contributed by atoms with Crippen LogP contribution in [0, 0.1) is 0 Å². The lowest BCUT2D eigenvalue weighted by atomic mass is 10.1. The van der Waals surface area contributed by atoms with Crippen LogP contribution in [-0.4, -0.2) is 11.8 Å². The molecule has 0 atom stereocenters. The fourth-order valence-electron chi connectivity index (χ4n) is 2.76. The maximum absolute atomic E-state index is 12.5. The first-order valence-corrected chi connectivity index (χ1v) is 8.90. The van der Waals surface area contributed by atoms with Crippen LogP contribution < -0.4 is 22.1 Å². The Labute approximate surface area is 163 Å². The molecule has 3 aromatic rings. The molecular weight excluding hydrogens is 352 g/mol. The highest BCUT2D eigenvalue weighted by Gasteiger charge is 2.11. The summed E-state index contributed by atoms with van der Waals surface area (Å²) >= 11 is 0. The van der Waals surface area contributed by atoms with Gasteiger partial charge in [-0.05, 0) is 53.6 Å². The molecule has 0 aliphatic heterocycles. The van der Waals surface area contributed by atoms with Gasteiger partial charge in [0, 0.05) is 35.6 Å². The molecule has 0 heterocycles. The average Bonchev–Trinajstić information content (AvgIpc) is 2.74. The number of carbonyl (C=O) groups excluding carboxylic acids is 2. The van der Waals surface area contributed by atoms with Crippen molar-refractivity contribution in [2.24, 2.45) is 11.5 Å². The summed E-state index contributed by atoms with van der Waals surface area (Å²) in [5.74, 6) is -0.595. The van der Waals surface area contributed by atoms with Gasteiger partial charge in [-0.3, -0.25) is 9.59 Å².